The molecule has 0 aliphatic carbocycles. The number of aliphatic hydroxyl groups excluding tert-OH is 2. The summed E-state index contributed by atoms with van der Waals surface area (Å²) in [4.78, 5) is 0. The monoisotopic (exact) mass is 93.1 g/mol. The van der Waals surface area contributed by atoms with Gasteiger partial charge in [-0.15, -0.1) is 0 Å². The fraction of sp³-hybridized carbons (Fsp3) is 1.00. The van der Waals surface area contributed by atoms with E-state index >= 15 is 0 Å². The maximum atomic E-state index is 7.91. The molecule has 0 rings (SSSR count). The Kier molecular flexibility index (Phi) is 13.7. The van der Waals surface area contributed by atoms with Crippen LogP contribution in [0.1, 0.15) is 6.42 Å². The zero-order valence-electron chi connectivity index (χ0n) is 3.72. The Balaban J connectivity index is 0. The highest BCUT2D eigenvalue weighted by atomic mass is 16.3. The summed E-state index contributed by atoms with van der Waals surface area (Å²) in [6, 6.07) is 0. The van der Waals surface area contributed by atoms with Gasteiger partial charge in [-0.2, -0.15) is 0 Å². The van der Waals surface area contributed by atoms with Crippen molar-refractivity contribution in [1.82, 2.24) is 6.15 Å². The molecule has 0 aromatic heterocycles. The molecule has 3 heteroatoms. The van der Waals surface area contributed by atoms with Crippen LogP contribution in [0, 0.1) is 0 Å². The molecule has 3 nitrogen and oxygen atoms in total. The van der Waals surface area contributed by atoms with Gasteiger partial charge in [0.05, 0.1) is 0 Å². The average molecular weight is 93.1 g/mol. The van der Waals surface area contributed by atoms with Crippen molar-refractivity contribution in [3.63, 3.8) is 0 Å². The molecule has 0 saturated carbocycles. The average Bonchev–Trinajstić information content (AvgIpc) is 1.41. The van der Waals surface area contributed by atoms with Crippen LogP contribution in [0.25, 0.3) is 0 Å². The third-order valence-corrected chi connectivity index (χ3v) is 0.316. The molecule has 0 bridgehead atoms. The molecule has 0 saturated heterocycles. The predicted octanol–water partition coefficient (Wildman–Crippen LogP) is -0.477. The third kappa shape index (κ3) is 9.11. The Morgan fingerprint density at radius 3 is 1.33 bits per heavy atom. The molecule has 0 atom stereocenters. The van der Waals surface area contributed by atoms with Crippen LogP contribution < -0.4 is 6.15 Å². The summed E-state index contributed by atoms with van der Waals surface area (Å²) >= 11 is 0. The topological polar surface area (TPSA) is 75.5 Å². The van der Waals surface area contributed by atoms with Crippen LogP contribution in [0.15, 0.2) is 0 Å². The van der Waals surface area contributed by atoms with Gasteiger partial charge in [-0.05, 0) is 6.42 Å². The SMILES string of the molecule is N.OCCCO. The smallest absolute Gasteiger partial charge is 0.0452 e. The van der Waals surface area contributed by atoms with Gasteiger partial charge in [-0.1, -0.05) is 0 Å². The Bertz CT molecular complexity index is 16.3. The Morgan fingerprint density at radius 1 is 1.00 bits per heavy atom. The fourth-order valence-corrected chi connectivity index (χ4v) is 0.0707. The molecule has 40 valence electrons. The minimum atomic E-state index is 0. The maximum Gasteiger partial charge on any atom is 0.0452 e. The van der Waals surface area contributed by atoms with E-state index in [4.69, 9.17) is 10.2 Å². The molecule has 0 radical (unpaired) electrons. The fourth-order valence-electron chi connectivity index (χ4n) is 0.0707. The summed E-state index contributed by atoms with van der Waals surface area (Å²) in [7, 11) is 0. The molecule has 0 heterocycles. The Labute approximate surface area is 37.2 Å². The van der Waals surface area contributed by atoms with Gasteiger partial charge in [0.2, 0.25) is 0 Å². The van der Waals surface area contributed by atoms with Gasteiger partial charge in [0.1, 0.15) is 0 Å². The standard InChI is InChI=1S/C3H8O2.H3N/c4-2-1-3-5;/h4-5H,1-3H2;1H3. The lowest BCUT2D eigenvalue weighted by molar-refractivity contribution is 0.221. The van der Waals surface area contributed by atoms with E-state index < -0.39 is 0 Å². The van der Waals surface area contributed by atoms with Crippen molar-refractivity contribution in [2.45, 2.75) is 6.42 Å². The van der Waals surface area contributed by atoms with Crippen LogP contribution in [0.3, 0.4) is 0 Å². The molecule has 0 aromatic rings. The second-order valence-corrected chi connectivity index (χ2v) is 0.801. The van der Waals surface area contributed by atoms with Gasteiger partial charge < -0.3 is 16.4 Å². The van der Waals surface area contributed by atoms with Crippen molar-refractivity contribution in [3.05, 3.63) is 0 Å². The molecule has 0 amide bonds. The van der Waals surface area contributed by atoms with Crippen LogP contribution in [-0.2, 0) is 0 Å². The summed E-state index contributed by atoms with van der Waals surface area (Å²) in [6.45, 7) is 0.188. The lowest BCUT2D eigenvalue weighted by atomic mass is 10.5. The highest BCUT2D eigenvalue weighted by Crippen LogP contribution is 1.65. The number of rotatable bonds is 2. The summed E-state index contributed by atoms with van der Waals surface area (Å²) in [6.07, 6.45) is 0.500. The van der Waals surface area contributed by atoms with Crippen LogP contribution >= 0.6 is 0 Å². The lowest BCUT2D eigenvalue weighted by Crippen LogP contribution is -1.85. The second-order valence-electron chi connectivity index (χ2n) is 0.801. The molecule has 0 spiro atoms. The molecule has 0 aliphatic rings. The molecule has 0 fully saturated rings. The number of hydrogen-bond donors (Lipinski definition) is 3. The van der Waals surface area contributed by atoms with E-state index in [-0.39, 0.29) is 19.4 Å². The minimum Gasteiger partial charge on any atom is -0.396 e. The van der Waals surface area contributed by atoms with E-state index in [1.54, 1.807) is 0 Å². The van der Waals surface area contributed by atoms with Gasteiger partial charge in [0.15, 0.2) is 0 Å². The first-order valence-electron chi connectivity index (χ1n) is 1.63. The molecule has 0 unspecified atom stereocenters. The zero-order valence-corrected chi connectivity index (χ0v) is 3.72. The molecule has 0 aromatic carbocycles. The maximum absolute atomic E-state index is 7.91. The lowest BCUT2D eigenvalue weighted by Gasteiger charge is -1.79. The van der Waals surface area contributed by atoms with Crippen molar-refractivity contribution in [3.8, 4) is 0 Å². The van der Waals surface area contributed by atoms with E-state index in [1.807, 2.05) is 0 Å². The Hall–Kier alpha value is -0.120. The summed E-state index contributed by atoms with van der Waals surface area (Å²) in [5.41, 5.74) is 0. The van der Waals surface area contributed by atoms with Crippen molar-refractivity contribution in [1.29, 1.82) is 0 Å². The first-order valence-corrected chi connectivity index (χ1v) is 1.63. The van der Waals surface area contributed by atoms with Crippen molar-refractivity contribution < 1.29 is 10.2 Å². The van der Waals surface area contributed by atoms with E-state index in [0.29, 0.717) is 6.42 Å². The molecule has 0 aliphatic heterocycles. The summed E-state index contributed by atoms with van der Waals surface area (Å²) in [5, 5.41) is 15.8. The second kappa shape index (κ2) is 8.86. The summed E-state index contributed by atoms with van der Waals surface area (Å²) in [5.74, 6) is 0. The van der Waals surface area contributed by atoms with Crippen LogP contribution in [0.2, 0.25) is 0 Å². The van der Waals surface area contributed by atoms with E-state index in [9.17, 15) is 0 Å². The van der Waals surface area contributed by atoms with Crippen LogP contribution in [0.4, 0.5) is 0 Å². The largest absolute Gasteiger partial charge is 0.396 e. The molecular weight excluding hydrogens is 82.0 g/mol. The van der Waals surface area contributed by atoms with E-state index in [0.717, 1.165) is 0 Å². The van der Waals surface area contributed by atoms with E-state index in [1.165, 1.54) is 0 Å². The van der Waals surface area contributed by atoms with Crippen LogP contribution in [0.5, 0.6) is 0 Å². The zero-order chi connectivity index (χ0) is 4.12. The first-order chi connectivity index (χ1) is 2.41. The van der Waals surface area contributed by atoms with Crippen molar-refractivity contribution >= 4 is 0 Å². The minimum absolute atomic E-state index is 0. The third-order valence-electron chi connectivity index (χ3n) is 0.316. The number of hydrogen-bond acceptors (Lipinski definition) is 3. The highest BCUT2D eigenvalue weighted by molar-refractivity contribution is 4.22. The predicted molar refractivity (Wildman–Crippen MR) is 23.8 cm³/mol. The normalized spacial score (nSPS) is 7.00. The molecule has 6 heavy (non-hydrogen) atoms. The quantitative estimate of drug-likeness (QED) is 0.431. The Morgan fingerprint density at radius 2 is 1.33 bits per heavy atom. The van der Waals surface area contributed by atoms with Crippen molar-refractivity contribution in [2.75, 3.05) is 13.2 Å². The van der Waals surface area contributed by atoms with Gasteiger partial charge in [0.25, 0.3) is 0 Å². The van der Waals surface area contributed by atoms with Crippen LogP contribution in [-0.4, -0.2) is 23.4 Å². The first kappa shape index (κ1) is 9.30. The van der Waals surface area contributed by atoms with E-state index in [2.05, 4.69) is 0 Å². The van der Waals surface area contributed by atoms with Crippen molar-refractivity contribution in [2.24, 2.45) is 0 Å². The van der Waals surface area contributed by atoms with Gasteiger partial charge in [0, 0.05) is 13.2 Å². The molecule has 5 N–H and O–H groups in total. The highest BCUT2D eigenvalue weighted by Gasteiger charge is 1.70. The van der Waals surface area contributed by atoms with Gasteiger partial charge >= 0.3 is 0 Å². The van der Waals surface area contributed by atoms with Gasteiger partial charge in [-0.3, -0.25) is 0 Å². The molecular formula is C3H11NO2. The number of aliphatic hydroxyl groups is 2. The summed E-state index contributed by atoms with van der Waals surface area (Å²) < 4.78 is 0. The van der Waals surface area contributed by atoms with Gasteiger partial charge in [-0.25, -0.2) is 0 Å².